The largest absolute Gasteiger partial charge is 0.325 e. The van der Waals surface area contributed by atoms with Gasteiger partial charge in [-0.05, 0) is 86.0 Å². The first-order chi connectivity index (χ1) is 16.9. The fourth-order valence-corrected chi connectivity index (χ4v) is 4.92. The number of carbonyl (C=O) groups excluding carboxylic acids is 2. The summed E-state index contributed by atoms with van der Waals surface area (Å²) in [6, 6.07) is 30.9. The molecule has 1 unspecified atom stereocenters. The molecule has 0 aromatic heterocycles. The van der Waals surface area contributed by atoms with Gasteiger partial charge in [-0.25, -0.2) is 0 Å². The van der Waals surface area contributed by atoms with Gasteiger partial charge in [-0.1, -0.05) is 54.1 Å². The van der Waals surface area contributed by atoms with E-state index >= 15 is 0 Å². The zero-order chi connectivity index (χ0) is 24.8. The van der Waals surface area contributed by atoms with Crippen LogP contribution in [-0.2, 0) is 4.79 Å². The van der Waals surface area contributed by atoms with Crippen molar-refractivity contribution in [2.24, 2.45) is 0 Å². The highest BCUT2D eigenvalue weighted by Crippen LogP contribution is 2.37. The van der Waals surface area contributed by atoms with E-state index in [2.05, 4.69) is 16.7 Å². The molecule has 0 aliphatic heterocycles. The van der Waals surface area contributed by atoms with Crippen LogP contribution >= 0.6 is 11.8 Å². The molecule has 2 amide bonds. The molecule has 0 aliphatic carbocycles. The molecule has 0 spiro atoms. The average Bonchev–Trinajstić information content (AvgIpc) is 2.83. The van der Waals surface area contributed by atoms with Crippen LogP contribution in [-0.4, -0.2) is 11.8 Å². The van der Waals surface area contributed by atoms with Crippen LogP contribution in [0.1, 0.15) is 37.9 Å². The second-order valence-electron chi connectivity index (χ2n) is 8.62. The first-order valence-electron chi connectivity index (χ1n) is 11.5. The van der Waals surface area contributed by atoms with Gasteiger partial charge in [-0.15, -0.1) is 11.8 Å². The summed E-state index contributed by atoms with van der Waals surface area (Å²) in [5, 5.41) is 5.60. The van der Waals surface area contributed by atoms with Gasteiger partial charge < -0.3 is 10.6 Å². The lowest BCUT2D eigenvalue weighted by Crippen LogP contribution is -2.19. The Morgan fingerprint density at radius 2 is 1.34 bits per heavy atom. The number of hydrogen-bond donors (Lipinski definition) is 2. The SMILES string of the molecule is Cc1cc(C)cc(NC(=O)C(Sc2ccc(NC(=O)c3cccc(C)c3)cc2)c2ccccc2)c1. The van der Waals surface area contributed by atoms with E-state index < -0.39 is 5.25 Å². The monoisotopic (exact) mass is 480 g/mol. The number of hydrogen-bond acceptors (Lipinski definition) is 3. The van der Waals surface area contributed by atoms with E-state index in [4.69, 9.17) is 0 Å². The molecule has 0 saturated heterocycles. The Bertz CT molecular complexity index is 1310. The molecule has 4 aromatic carbocycles. The van der Waals surface area contributed by atoms with E-state index in [-0.39, 0.29) is 11.8 Å². The third-order valence-electron chi connectivity index (χ3n) is 5.48. The van der Waals surface area contributed by atoms with E-state index in [9.17, 15) is 9.59 Å². The minimum absolute atomic E-state index is 0.0805. The highest BCUT2D eigenvalue weighted by atomic mass is 32.2. The first-order valence-corrected chi connectivity index (χ1v) is 12.3. The summed E-state index contributed by atoms with van der Waals surface area (Å²) in [5.74, 6) is -0.230. The quantitative estimate of drug-likeness (QED) is 0.272. The minimum Gasteiger partial charge on any atom is -0.325 e. The van der Waals surface area contributed by atoms with Gasteiger partial charge in [0.1, 0.15) is 5.25 Å². The Hall–Kier alpha value is -3.83. The highest BCUT2D eigenvalue weighted by Gasteiger charge is 2.22. The van der Waals surface area contributed by atoms with Gasteiger partial charge in [0.05, 0.1) is 0 Å². The van der Waals surface area contributed by atoms with E-state index in [1.807, 2.05) is 106 Å². The van der Waals surface area contributed by atoms with E-state index in [1.54, 1.807) is 6.07 Å². The Morgan fingerprint density at radius 3 is 2.00 bits per heavy atom. The van der Waals surface area contributed by atoms with Crippen molar-refractivity contribution in [1.82, 2.24) is 0 Å². The lowest BCUT2D eigenvalue weighted by Gasteiger charge is -2.18. The molecule has 0 saturated carbocycles. The average molecular weight is 481 g/mol. The number of amides is 2. The molecule has 0 fully saturated rings. The molecular weight excluding hydrogens is 452 g/mol. The normalized spacial score (nSPS) is 11.5. The molecule has 35 heavy (non-hydrogen) atoms. The molecule has 2 N–H and O–H groups in total. The lowest BCUT2D eigenvalue weighted by molar-refractivity contribution is -0.115. The van der Waals surface area contributed by atoms with Gasteiger partial charge in [0.25, 0.3) is 5.91 Å². The molecule has 176 valence electrons. The van der Waals surface area contributed by atoms with Gasteiger partial charge in [-0.2, -0.15) is 0 Å². The smallest absolute Gasteiger partial charge is 0.255 e. The first kappa shape index (κ1) is 24.3. The molecule has 0 bridgehead atoms. The predicted molar refractivity (Wildman–Crippen MR) is 145 cm³/mol. The van der Waals surface area contributed by atoms with Crippen LogP contribution < -0.4 is 10.6 Å². The van der Waals surface area contributed by atoms with Gasteiger partial charge >= 0.3 is 0 Å². The third-order valence-corrected chi connectivity index (χ3v) is 6.74. The number of anilines is 2. The van der Waals surface area contributed by atoms with Crippen LogP contribution in [0.15, 0.2) is 102 Å². The molecule has 0 aliphatic rings. The van der Waals surface area contributed by atoms with Crippen molar-refractivity contribution < 1.29 is 9.59 Å². The molecule has 5 heteroatoms. The van der Waals surface area contributed by atoms with Crippen LogP contribution in [0.5, 0.6) is 0 Å². The fourth-order valence-electron chi connectivity index (χ4n) is 3.90. The standard InChI is InChI=1S/C30H28N2O2S/c1-20-8-7-11-24(17-20)29(33)31-25-12-14-27(15-13-25)35-28(23-9-5-4-6-10-23)30(34)32-26-18-21(2)16-22(3)19-26/h4-19,28H,1-3H3,(H,31,33)(H,32,34). The van der Waals surface area contributed by atoms with Crippen molar-refractivity contribution >= 4 is 35.0 Å². The van der Waals surface area contributed by atoms with Gasteiger partial charge in [0.15, 0.2) is 0 Å². The van der Waals surface area contributed by atoms with E-state index in [1.165, 1.54) is 11.8 Å². The van der Waals surface area contributed by atoms with Crippen LogP contribution in [0.3, 0.4) is 0 Å². The fraction of sp³-hybridized carbons (Fsp3) is 0.133. The van der Waals surface area contributed by atoms with Crippen molar-refractivity contribution in [2.45, 2.75) is 30.9 Å². The molecule has 4 rings (SSSR count). The zero-order valence-corrected chi connectivity index (χ0v) is 20.9. The Kier molecular flexibility index (Phi) is 7.68. The maximum absolute atomic E-state index is 13.3. The van der Waals surface area contributed by atoms with Gasteiger partial charge in [-0.3, -0.25) is 9.59 Å². The maximum Gasteiger partial charge on any atom is 0.255 e. The number of nitrogens with one attached hydrogen (secondary N) is 2. The van der Waals surface area contributed by atoms with Gasteiger partial charge in [0, 0.05) is 21.8 Å². The number of benzene rings is 4. The Balaban J connectivity index is 1.50. The van der Waals surface area contributed by atoms with Crippen molar-refractivity contribution in [1.29, 1.82) is 0 Å². The summed E-state index contributed by atoms with van der Waals surface area (Å²) < 4.78 is 0. The Labute approximate surface area is 210 Å². The molecule has 4 nitrogen and oxygen atoms in total. The summed E-state index contributed by atoms with van der Waals surface area (Å²) in [6.45, 7) is 6.00. The van der Waals surface area contributed by atoms with Crippen LogP contribution in [0.25, 0.3) is 0 Å². The molecule has 0 heterocycles. The van der Waals surface area contributed by atoms with E-state index in [0.717, 1.165) is 32.8 Å². The molecule has 4 aromatic rings. The van der Waals surface area contributed by atoms with E-state index in [0.29, 0.717) is 11.3 Å². The van der Waals surface area contributed by atoms with Gasteiger partial charge in [0.2, 0.25) is 5.91 Å². The number of carbonyl (C=O) groups is 2. The summed E-state index contributed by atoms with van der Waals surface area (Å²) in [4.78, 5) is 26.8. The molecule has 1 atom stereocenters. The van der Waals surface area contributed by atoms with Crippen molar-refractivity contribution in [3.8, 4) is 0 Å². The summed E-state index contributed by atoms with van der Waals surface area (Å²) in [5.41, 5.74) is 6.29. The maximum atomic E-state index is 13.3. The second kappa shape index (κ2) is 11.1. The van der Waals surface area contributed by atoms with Crippen molar-refractivity contribution in [3.63, 3.8) is 0 Å². The lowest BCUT2D eigenvalue weighted by atomic mass is 10.1. The third kappa shape index (κ3) is 6.61. The zero-order valence-electron chi connectivity index (χ0n) is 20.0. The molecule has 0 radical (unpaired) electrons. The second-order valence-corrected chi connectivity index (χ2v) is 9.80. The van der Waals surface area contributed by atoms with Crippen LogP contribution in [0, 0.1) is 20.8 Å². The van der Waals surface area contributed by atoms with Crippen molar-refractivity contribution in [3.05, 3.63) is 125 Å². The Morgan fingerprint density at radius 1 is 0.657 bits per heavy atom. The van der Waals surface area contributed by atoms with Crippen molar-refractivity contribution in [2.75, 3.05) is 10.6 Å². The summed E-state index contributed by atoms with van der Waals surface area (Å²) in [6.07, 6.45) is 0. The van der Waals surface area contributed by atoms with Crippen LogP contribution in [0.4, 0.5) is 11.4 Å². The molecular formula is C30H28N2O2S. The number of rotatable bonds is 7. The summed E-state index contributed by atoms with van der Waals surface area (Å²) in [7, 11) is 0. The highest BCUT2D eigenvalue weighted by molar-refractivity contribution is 8.00. The predicted octanol–water partition coefficient (Wildman–Crippen LogP) is 7.34. The minimum atomic E-state index is -0.426. The summed E-state index contributed by atoms with van der Waals surface area (Å²) >= 11 is 1.48. The van der Waals surface area contributed by atoms with Crippen LogP contribution in [0.2, 0.25) is 0 Å². The topological polar surface area (TPSA) is 58.2 Å². The number of aryl methyl sites for hydroxylation is 3. The number of thioether (sulfide) groups is 1.